The number of alkyl halides is 3. The van der Waals surface area contributed by atoms with Crippen LogP contribution in [0.25, 0.3) is 22.6 Å². The fourth-order valence-corrected chi connectivity index (χ4v) is 4.47. The Morgan fingerprint density at radius 2 is 1.93 bits per heavy atom. The molecule has 0 saturated carbocycles. The number of carbonyl (C=O) groups is 1. The van der Waals surface area contributed by atoms with Crippen molar-refractivity contribution in [3.8, 4) is 28.4 Å². The van der Waals surface area contributed by atoms with E-state index < -0.39 is 29.6 Å². The smallest absolute Gasteiger partial charge is 0.417 e. The van der Waals surface area contributed by atoms with E-state index in [-0.39, 0.29) is 29.1 Å². The predicted octanol–water partition coefficient (Wildman–Crippen LogP) is 6.15. The number of methoxy groups -OCH3 is 1. The van der Waals surface area contributed by atoms with Gasteiger partial charge in [-0.05, 0) is 42.8 Å². The number of pyridine rings is 1. The molecule has 12 heteroatoms. The summed E-state index contributed by atoms with van der Waals surface area (Å²) in [5, 5.41) is 5.79. The summed E-state index contributed by atoms with van der Waals surface area (Å²) < 4.78 is 66.4. The van der Waals surface area contributed by atoms with E-state index in [0.29, 0.717) is 35.8 Å². The molecule has 4 aromatic rings. The van der Waals surface area contributed by atoms with E-state index >= 15 is 0 Å². The average Bonchev–Trinajstić information content (AvgIpc) is 3.39. The fraction of sp³-hybridized carbons (Fsp3) is 0.241. The standard InChI is InChI=1S/C29H25F4N5O3/c1-3-12-41-18-9-10-19(21(13-18)29(31,32)33)23-11-8-17(14-34-23)26(28(39)40-2)38-16-25-24(15-35-38)36-27(37-25)20-6-4-5-7-22(20)30/h4-11,13-15,26H,3,12,16H2,1-2H3,(H,36,37). The molecule has 5 rings (SSSR count). The zero-order valence-electron chi connectivity index (χ0n) is 22.1. The number of H-pyrrole nitrogens is 1. The molecule has 1 unspecified atom stereocenters. The van der Waals surface area contributed by atoms with Crippen LogP contribution in [-0.2, 0) is 22.3 Å². The highest BCUT2D eigenvalue weighted by molar-refractivity contribution is 5.82. The summed E-state index contributed by atoms with van der Waals surface area (Å²) in [6, 6.07) is 11.8. The molecule has 0 saturated heterocycles. The lowest BCUT2D eigenvalue weighted by atomic mass is 10.0. The maximum Gasteiger partial charge on any atom is 0.417 e. The molecule has 2 aromatic heterocycles. The van der Waals surface area contributed by atoms with Crippen LogP contribution in [0.5, 0.6) is 5.75 Å². The van der Waals surface area contributed by atoms with Crippen LogP contribution in [0.2, 0.25) is 0 Å². The molecule has 2 aromatic carbocycles. The molecule has 0 spiro atoms. The third-order valence-electron chi connectivity index (χ3n) is 6.46. The Bertz CT molecular complexity index is 1580. The zero-order valence-corrected chi connectivity index (χ0v) is 22.1. The first-order valence-corrected chi connectivity index (χ1v) is 12.7. The summed E-state index contributed by atoms with van der Waals surface area (Å²) in [7, 11) is 1.22. The number of carbonyl (C=O) groups excluding carboxylic acids is 1. The first-order valence-electron chi connectivity index (χ1n) is 12.7. The Hall–Kier alpha value is -4.74. The summed E-state index contributed by atoms with van der Waals surface area (Å²) in [6.45, 7) is 2.23. The van der Waals surface area contributed by atoms with Crippen LogP contribution in [0.4, 0.5) is 17.6 Å². The monoisotopic (exact) mass is 567 g/mol. The van der Waals surface area contributed by atoms with Gasteiger partial charge in [-0.3, -0.25) is 9.99 Å². The number of hydrazone groups is 1. The Morgan fingerprint density at radius 3 is 2.61 bits per heavy atom. The second-order valence-corrected chi connectivity index (χ2v) is 9.22. The summed E-state index contributed by atoms with van der Waals surface area (Å²) in [4.78, 5) is 24.6. The SMILES string of the molecule is CCCOc1ccc(-c2ccc(C(C(=O)OC)N3Cc4nc(-c5ccccc5F)[nH]c4C=N3)cn2)c(C(F)(F)F)c1. The normalized spacial score (nSPS) is 13.6. The number of nitrogens with one attached hydrogen (secondary N) is 1. The van der Waals surface area contributed by atoms with Crippen molar-refractivity contribution in [1.82, 2.24) is 20.0 Å². The van der Waals surface area contributed by atoms with Gasteiger partial charge in [-0.25, -0.2) is 14.2 Å². The number of hydrogen-bond donors (Lipinski definition) is 1. The number of aromatic amines is 1. The Morgan fingerprint density at radius 1 is 1.12 bits per heavy atom. The van der Waals surface area contributed by atoms with Crippen molar-refractivity contribution in [3.05, 3.63) is 89.1 Å². The molecule has 41 heavy (non-hydrogen) atoms. The van der Waals surface area contributed by atoms with Crippen LogP contribution >= 0.6 is 0 Å². The molecule has 0 bridgehead atoms. The molecule has 1 N–H and O–H groups in total. The topological polar surface area (TPSA) is 92.7 Å². The molecule has 3 heterocycles. The van der Waals surface area contributed by atoms with Crippen molar-refractivity contribution in [2.24, 2.45) is 5.10 Å². The van der Waals surface area contributed by atoms with Crippen LogP contribution < -0.4 is 4.74 Å². The number of fused-ring (bicyclic) bond motifs is 1. The summed E-state index contributed by atoms with van der Waals surface area (Å²) in [6.07, 6.45) is -1.20. The van der Waals surface area contributed by atoms with Crippen molar-refractivity contribution in [2.45, 2.75) is 32.1 Å². The molecule has 8 nitrogen and oxygen atoms in total. The quantitative estimate of drug-likeness (QED) is 0.203. The van der Waals surface area contributed by atoms with Crippen molar-refractivity contribution in [1.29, 1.82) is 0 Å². The number of ether oxygens (including phenoxy) is 2. The molecule has 212 valence electrons. The molecule has 0 fully saturated rings. The molecular weight excluding hydrogens is 542 g/mol. The van der Waals surface area contributed by atoms with E-state index in [2.05, 4.69) is 20.1 Å². The lowest BCUT2D eigenvalue weighted by molar-refractivity contribution is -0.147. The average molecular weight is 568 g/mol. The minimum Gasteiger partial charge on any atom is -0.494 e. The van der Waals surface area contributed by atoms with E-state index in [1.165, 1.54) is 54.9 Å². The Kier molecular flexibility index (Phi) is 7.73. The zero-order chi connectivity index (χ0) is 29.1. The van der Waals surface area contributed by atoms with Gasteiger partial charge in [0.25, 0.3) is 0 Å². The molecule has 0 radical (unpaired) electrons. The van der Waals surface area contributed by atoms with E-state index in [9.17, 15) is 22.4 Å². The highest BCUT2D eigenvalue weighted by atomic mass is 19.4. The molecular formula is C29H25F4N5O3. The van der Waals surface area contributed by atoms with Crippen molar-refractivity contribution >= 4 is 12.2 Å². The number of imidazole rings is 1. The third-order valence-corrected chi connectivity index (χ3v) is 6.46. The molecule has 1 aliphatic heterocycles. The minimum atomic E-state index is -4.64. The lowest BCUT2D eigenvalue weighted by Crippen LogP contribution is -2.33. The van der Waals surface area contributed by atoms with Crippen LogP contribution in [0.1, 0.15) is 41.9 Å². The number of hydrogen-bond acceptors (Lipinski definition) is 7. The van der Waals surface area contributed by atoms with Gasteiger partial charge < -0.3 is 14.5 Å². The molecule has 1 atom stereocenters. The van der Waals surface area contributed by atoms with Gasteiger partial charge in [0.2, 0.25) is 0 Å². The summed E-state index contributed by atoms with van der Waals surface area (Å²) >= 11 is 0. The lowest BCUT2D eigenvalue weighted by Gasteiger charge is -2.28. The first-order chi connectivity index (χ1) is 19.7. The number of nitrogens with zero attached hydrogens (tertiary/aromatic N) is 4. The highest BCUT2D eigenvalue weighted by Gasteiger charge is 2.35. The van der Waals surface area contributed by atoms with E-state index in [0.717, 1.165) is 6.07 Å². The van der Waals surface area contributed by atoms with E-state index in [1.54, 1.807) is 18.2 Å². The summed E-state index contributed by atoms with van der Waals surface area (Å²) in [5.74, 6) is -0.668. The highest BCUT2D eigenvalue weighted by Crippen LogP contribution is 2.39. The van der Waals surface area contributed by atoms with Crippen molar-refractivity contribution in [2.75, 3.05) is 13.7 Å². The van der Waals surface area contributed by atoms with Gasteiger partial charge in [-0.1, -0.05) is 25.1 Å². The van der Waals surface area contributed by atoms with Gasteiger partial charge in [0.15, 0.2) is 6.04 Å². The van der Waals surface area contributed by atoms with Gasteiger partial charge in [-0.2, -0.15) is 18.3 Å². The van der Waals surface area contributed by atoms with Crippen molar-refractivity contribution in [3.63, 3.8) is 0 Å². The van der Waals surface area contributed by atoms with Crippen LogP contribution in [-0.4, -0.2) is 45.9 Å². The van der Waals surface area contributed by atoms with E-state index in [4.69, 9.17) is 9.47 Å². The number of esters is 1. The maximum atomic E-state index is 14.3. The predicted molar refractivity (Wildman–Crippen MR) is 142 cm³/mol. The maximum absolute atomic E-state index is 14.3. The molecule has 1 aliphatic rings. The number of aromatic nitrogens is 3. The molecule has 0 aliphatic carbocycles. The van der Waals surface area contributed by atoms with Crippen LogP contribution in [0, 0.1) is 5.82 Å². The van der Waals surface area contributed by atoms with Gasteiger partial charge in [0, 0.05) is 17.3 Å². The Balaban J connectivity index is 1.43. The third kappa shape index (κ3) is 5.76. The second kappa shape index (κ2) is 11.4. The Labute approximate surface area is 232 Å². The van der Waals surface area contributed by atoms with Gasteiger partial charge >= 0.3 is 12.1 Å². The van der Waals surface area contributed by atoms with Crippen LogP contribution in [0.3, 0.4) is 0 Å². The van der Waals surface area contributed by atoms with Gasteiger partial charge in [0.1, 0.15) is 17.4 Å². The largest absolute Gasteiger partial charge is 0.494 e. The minimum absolute atomic E-state index is 0.0676. The van der Waals surface area contributed by atoms with Crippen LogP contribution in [0.15, 0.2) is 65.9 Å². The van der Waals surface area contributed by atoms with Gasteiger partial charge in [0.05, 0.1) is 54.7 Å². The number of benzene rings is 2. The first kappa shape index (κ1) is 27.8. The number of rotatable bonds is 8. The summed E-state index contributed by atoms with van der Waals surface area (Å²) in [5.41, 5.74) is 0.781. The fourth-order valence-electron chi connectivity index (χ4n) is 4.47. The van der Waals surface area contributed by atoms with Gasteiger partial charge in [-0.15, -0.1) is 0 Å². The van der Waals surface area contributed by atoms with Crippen molar-refractivity contribution < 1.29 is 31.8 Å². The molecule has 0 amide bonds. The second-order valence-electron chi connectivity index (χ2n) is 9.22. The number of halogens is 4. The van der Waals surface area contributed by atoms with E-state index in [1.807, 2.05) is 6.92 Å².